The summed E-state index contributed by atoms with van der Waals surface area (Å²) in [5.74, 6) is -6.87. The van der Waals surface area contributed by atoms with Crippen molar-refractivity contribution in [2.24, 2.45) is 5.92 Å². The van der Waals surface area contributed by atoms with Crippen LogP contribution in [0.5, 0.6) is 5.75 Å². The van der Waals surface area contributed by atoms with Crippen LogP contribution in [0, 0.1) is 5.92 Å². The minimum Gasteiger partial charge on any atom is -0.494 e. The molecule has 0 aliphatic heterocycles. The highest BCUT2D eigenvalue weighted by Crippen LogP contribution is 2.29. The first-order chi connectivity index (χ1) is 22.4. The number of aliphatic carboxylic acids is 1. The number of carbonyl (C=O) groups is 3. The van der Waals surface area contributed by atoms with Crippen molar-refractivity contribution in [1.29, 1.82) is 0 Å². The summed E-state index contributed by atoms with van der Waals surface area (Å²) >= 11 is 0. The van der Waals surface area contributed by atoms with Crippen LogP contribution in [0.1, 0.15) is 109 Å². The number of unbranched alkanes of at least 4 members (excludes halogenated alkanes) is 9. The molecule has 0 fully saturated rings. The van der Waals surface area contributed by atoms with E-state index in [0.29, 0.717) is 56.4 Å². The third-order valence-electron chi connectivity index (χ3n) is 8.10. The molecular weight excluding hydrogens is 612 g/mol. The van der Waals surface area contributed by atoms with E-state index in [9.17, 15) is 33.4 Å². The van der Waals surface area contributed by atoms with Gasteiger partial charge in [0.15, 0.2) is 5.60 Å². The normalized spacial score (nSPS) is 14.4. The van der Waals surface area contributed by atoms with Gasteiger partial charge in [0.25, 0.3) is 0 Å². The van der Waals surface area contributed by atoms with Gasteiger partial charge in [-0.3, -0.25) is 4.79 Å². The van der Waals surface area contributed by atoms with Crippen LogP contribution in [0.25, 0.3) is 0 Å². The molecule has 1 amide bonds. The minimum absolute atomic E-state index is 0.0533. The topological polar surface area (TPSA) is 131 Å². The number of alkyl halides is 2. The number of halogens is 2. The van der Waals surface area contributed by atoms with Crippen LogP contribution in [0.2, 0.25) is 0 Å². The van der Waals surface area contributed by atoms with E-state index >= 15 is 0 Å². The Labute approximate surface area is 279 Å². The van der Waals surface area contributed by atoms with Gasteiger partial charge in [-0.1, -0.05) is 83.1 Å². The van der Waals surface area contributed by atoms with Crippen molar-refractivity contribution in [3.05, 3.63) is 42.0 Å². The predicted octanol–water partition coefficient (Wildman–Crippen LogP) is 7.04. The highest BCUT2D eigenvalue weighted by molar-refractivity contribution is 5.93. The molecule has 11 heteroatoms. The lowest BCUT2D eigenvalue weighted by Gasteiger charge is -2.30. The highest BCUT2D eigenvalue weighted by Gasteiger charge is 2.47. The van der Waals surface area contributed by atoms with Gasteiger partial charge in [0.05, 0.1) is 26.2 Å². The standard InChI is InChI=1S/C36H57F2NO8/c1-5-7-9-13-16-23-35(37,38)24-17-14-11-10-12-15-18-30(36(44,27-45-3)34(42)43)32(40)39-31(33(41)46-4)26-28-19-21-29(22-20-28)47-25-8-6-2/h15,18-22,30-31,44H,5-14,16-17,23-27H2,1-4H3,(H,39,40)(H,42,43)/t30-,31+,36+/m1/s1. The van der Waals surface area contributed by atoms with Crippen molar-refractivity contribution in [2.45, 2.75) is 128 Å². The van der Waals surface area contributed by atoms with E-state index in [2.05, 4.69) is 19.2 Å². The van der Waals surface area contributed by atoms with Gasteiger partial charge in [0.2, 0.25) is 11.8 Å². The number of carboxylic acids is 1. The molecule has 1 aromatic rings. The summed E-state index contributed by atoms with van der Waals surface area (Å²) < 4.78 is 43.8. The first-order valence-corrected chi connectivity index (χ1v) is 17.0. The van der Waals surface area contributed by atoms with Crippen molar-refractivity contribution in [3.8, 4) is 5.75 Å². The number of rotatable bonds is 27. The van der Waals surface area contributed by atoms with E-state index in [1.165, 1.54) is 20.3 Å². The number of allylic oxidation sites excluding steroid dienone is 1. The molecule has 9 nitrogen and oxygen atoms in total. The van der Waals surface area contributed by atoms with Crippen LogP contribution in [0.4, 0.5) is 8.78 Å². The molecule has 0 unspecified atom stereocenters. The average molecular weight is 670 g/mol. The Morgan fingerprint density at radius 3 is 2.04 bits per heavy atom. The lowest BCUT2D eigenvalue weighted by molar-refractivity contribution is -0.173. The monoisotopic (exact) mass is 669 g/mol. The zero-order valence-corrected chi connectivity index (χ0v) is 28.7. The van der Waals surface area contributed by atoms with Gasteiger partial charge in [-0.2, -0.15) is 0 Å². The van der Waals surface area contributed by atoms with Gasteiger partial charge in [0.1, 0.15) is 11.8 Å². The van der Waals surface area contributed by atoms with Gasteiger partial charge in [-0.25, -0.2) is 18.4 Å². The molecule has 0 radical (unpaired) electrons. The second kappa shape index (κ2) is 23.3. The summed E-state index contributed by atoms with van der Waals surface area (Å²) in [5.41, 5.74) is -1.92. The van der Waals surface area contributed by atoms with E-state index in [0.717, 1.165) is 38.5 Å². The van der Waals surface area contributed by atoms with E-state index in [4.69, 9.17) is 14.2 Å². The van der Waals surface area contributed by atoms with Crippen LogP contribution >= 0.6 is 0 Å². The summed E-state index contributed by atoms with van der Waals surface area (Å²) in [6.45, 7) is 4.05. The number of ether oxygens (including phenoxy) is 3. The quantitative estimate of drug-likeness (QED) is 0.0517. The van der Waals surface area contributed by atoms with Crippen LogP contribution in [0.15, 0.2) is 36.4 Å². The average Bonchev–Trinajstić information content (AvgIpc) is 3.04. The number of amides is 1. The molecule has 0 aromatic heterocycles. The van der Waals surface area contributed by atoms with Gasteiger partial charge >= 0.3 is 11.9 Å². The maximum absolute atomic E-state index is 14.2. The Balaban J connectivity index is 2.83. The van der Waals surface area contributed by atoms with Crippen molar-refractivity contribution in [3.63, 3.8) is 0 Å². The smallest absolute Gasteiger partial charge is 0.339 e. The maximum Gasteiger partial charge on any atom is 0.339 e. The molecule has 47 heavy (non-hydrogen) atoms. The van der Waals surface area contributed by atoms with Crippen molar-refractivity contribution in [1.82, 2.24) is 5.32 Å². The third-order valence-corrected chi connectivity index (χ3v) is 8.10. The summed E-state index contributed by atoms with van der Waals surface area (Å²) in [5, 5.41) is 23.5. The Morgan fingerprint density at radius 1 is 0.894 bits per heavy atom. The number of carbonyl (C=O) groups excluding carboxylic acids is 2. The lowest BCUT2D eigenvalue weighted by atomic mass is 9.86. The molecule has 1 aromatic carbocycles. The molecule has 0 spiro atoms. The van der Waals surface area contributed by atoms with Crippen LogP contribution in [-0.2, 0) is 30.3 Å². The van der Waals surface area contributed by atoms with E-state index in [1.807, 2.05) is 0 Å². The van der Waals surface area contributed by atoms with E-state index in [-0.39, 0.29) is 19.3 Å². The fourth-order valence-corrected chi connectivity index (χ4v) is 5.20. The fraction of sp³-hybridized carbons (Fsp3) is 0.694. The number of carboxylic acid groups (broad SMARTS) is 1. The third kappa shape index (κ3) is 16.6. The Morgan fingerprint density at radius 2 is 1.49 bits per heavy atom. The predicted molar refractivity (Wildman–Crippen MR) is 178 cm³/mol. The molecule has 0 heterocycles. The molecule has 0 saturated carbocycles. The highest BCUT2D eigenvalue weighted by atomic mass is 19.3. The van der Waals surface area contributed by atoms with Crippen LogP contribution in [0.3, 0.4) is 0 Å². The Hall–Kier alpha value is -3.05. The first-order valence-electron chi connectivity index (χ1n) is 17.0. The van der Waals surface area contributed by atoms with Crippen molar-refractivity contribution >= 4 is 17.8 Å². The Kier molecular flexibility index (Phi) is 20.8. The summed E-state index contributed by atoms with van der Waals surface area (Å²) in [4.78, 5) is 38.3. The molecule has 0 aliphatic carbocycles. The van der Waals surface area contributed by atoms with E-state index in [1.54, 1.807) is 30.3 Å². The number of hydrogen-bond acceptors (Lipinski definition) is 7. The first kappa shape index (κ1) is 42.0. The fourth-order valence-electron chi connectivity index (χ4n) is 5.20. The van der Waals surface area contributed by atoms with Crippen molar-refractivity contribution in [2.75, 3.05) is 27.4 Å². The molecular formula is C36H57F2NO8. The van der Waals surface area contributed by atoms with E-state index < -0.39 is 47.9 Å². The molecule has 3 atom stereocenters. The largest absolute Gasteiger partial charge is 0.494 e. The van der Waals surface area contributed by atoms with Gasteiger partial charge in [-0.05, 0) is 49.8 Å². The minimum atomic E-state index is -2.65. The summed E-state index contributed by atoms with van der Waals surface area (Å²) in [6, 6.07) is 5.88. The number of aliphatic hydroxyl groups is 1. The number of nitrogens with one attached hydrogen (secondary N) is 1. The zero-order chi connectivity index (χ0) is 35.1. The second-order valence-electron chi connectivity index (χ2n) is 12.2. The summed E-state index contributed by atoms with van der Waals surface area (Å²) in [6.07, 6.45) is 11.9. The summed E-state index contributed by atoms with van der Waals surface area (Å²) in [7, 11) is 2.38. The van der Waals surface area contributed by atoms with Gasteiger partial charge in [0, 0.05) is 26.4 Å². The molecule has 268 valence electrons. The SMILES string of the molecule is CCCCCCCC(F)(F)CCCCCCC=C[C@H](C(=O)N[C@@H](Cc1ccc(OCCCC)cc1)C(=O)OC)[C@@](O)(COC)C(=O)O. The molecule has 1 rings (SSSR count). The lowest BCUT2D eigenvalue weighted by Crippen LogP contribution is -2.56. The number of benzene rings is 1. The van der Waals surface area contributed by atoms with Crippen LogP contribution in [-0.4, -0.2) is 73.1 Å². The van der Waals surface area contributed by atoms with Crippen LogP contribution < -0.4 is 10.1 Å². The molecule has 3 N–H and O–H groups in total. The maximum atomic E-state index is 14.2. The van der Waals surface area contributed by atoms with Gasteiger partial charge in [-0.15, -0.1) is 0 Å². The molecule has 0 bridgehead atoms. The number of methoxy groups -OCH3 is 2. The number of hydrogen-bond donors (Lipinski definition) is 3. The molecule has 0 aliphatic rings. The van der Waals surface area contributed by atoms with Crippen molar-refractivity contribution < 1.29 is 47.6 Å². The van der Waals surface area contributed by atoms with Gasteiger partial charge < -0.3 is 29.7 Å². The Bertz CT molecular complexity index is 1070. The zero-order valence-electron chi connectivity index (χ0n) is 28.7. The number of esters is 1. The molecule has 0 saturated heterocycles. The second-order valence-corrected chi connectivity index (χ2v) is 12.2.